The van der Waals surface area contributed by atoms with Gasteiger partial charge in [-0.3, -0.25) is 4.57 Å². The predicted molar refractivity (Wildman–Crippen MR) is 118 cm³/mol. The van der Waals surface area contributed by atoms with Crippen LogP contribution in [0.5, 0.6) is 5.75 Å². The first-order valence-corrected chi connectivity index (χ1v) is 10.6. The first kappa shape index (κ1) is 21.6. The zero-order valence-electron chi connectivity index (χ0n) is 17.9. The minimum Gasteiger partial charge on any atom is -0.497 e. The van der Waals surface area contributed by atoms with Crippen molar-refractivity contribution in [3.05, 3.63) is 70.4 Å². The van der Waals surface area contributed by atoms with E-state index in [9.17, 15) is 14.0 Å². The molecule has 1 aliphatic carbocycles. The highest BCUT2D eigenvalue weighted by Crippen LogP contribution is 2.36. The number of aromatic nitrogens is 3. The number of carbonyl (C=O) groups excluding carboxylic acids is 1. The van der Waals surface area contributed by atoms with E-state index < -0.39 is 0 Å². The maximum Gasteiger partial charge on any atom is 0.346 e. The van der Waals surface area contributed by atoms with E-state index in [1.165, 1.54) is 16.8 Å². The number of nitrogens with zero attached hydrogens (tertiary/aromatic N) is 3. The van der Waals surface area contributed by atoms with E-state index in [-0.39, 0.29) is 36.7 Å². The fourth-order valence-corrected chi connectivity index (χ4v) is 3.47. The van der Waals surface area contributed by atoms with Crippen molar-refractivity contribution in [2.24, 2.45) is 0 Å². The van der Waals surface area contributed by atoms with Crippen molar-refractivity contribution in [2.45, 2.75) is 31.8 Å². The smallest absolute Gasteiger partial charge is 0.346 e. The Morgan fingerprint density at radius 3 is 2.44 bits per heavy atom. The quantitative estimate of drug-likeness (QED) is 0.537. The number of ether oxygens (including phenoxy) is 1. The van der Waals surface area contributed by atoms with Crippen LogP contribution in [0.15, 0.2) is 53.3 Å². The SMILES string of the molecule is COc1ccc(CCNC(=O)NCCn2nc(-c3ccc(F)cc3)n(C3CC3)c2=O)cc1. The summed E-state index contributed by atoms with van der Waals surface area (Å²) in [5.41, 5.74) is 1.57. The lowest BCUT2D eigenvalue weighted by Gasteiger charge is -2.08. The number of methoxy groups -OCH3 is 1. The van der Waals surface area contributed by atoms with Gasteiger partial charge in [0.1, 0.15) is 11.6 Å². The molecule has 9 heteroatoms. The van der Waals surface area contributed by atoms with Gasteiger partial charge in [0.05, 0.1) is 13.7 Å². The molecule has 0 bridgehead atoms. The summed E-state index contributed by atoms with van der Waals surface area (Å²) < 4.78 is 21.4. The van der Waals surface area contributed by atoms with Gasteiger partial charge >= 0.3 is 11.7 Å². The second-order valence-electron chi connectivity index (χ2n) is 7.72. The highest BCUT2D eigenvalue weighted by Gasteiger charge is 2.30. The van der Waals surface area contributed by atoms with Crippen molar-refractivity contribution < 1.29 is 13.9 Å². The summed E-state index contributed by atoms with van der Waals surface area (Å²) in [4.78, 5) is 24.9. The fraction of sp³-hybridized carbons (Fsp3) is 0.348. The molecule has 0 atom stereocenters. The maximum atomic E-state index is 13.3. The first-order valence-electron chi connectivity index (χ1n) is 10.6. The highest BCUT2D eigenvalue weighted by atomic mass is 19.1. The average molecular weight is 439 g/mol. The largest absolute Gasteiger partial charge is 0.497 e. The summed E-state index contributed by atoms with van der Waals surface area (Å²) in [6, 6.07) is 13.5. The molecule has 0 aliphatic heterocycles. The van der Waals surface area contributed by atoms with Crippen LogP contribution in [0.25, 0.3) is 11.4 Å². The Morgan fingerprint density at radius 1 is 1.09 bits per heavy atom. The number of halogens is 1. The third-order valence-electron chi connectivity index (χ3n) is 5.35. The van der Waals surface area contributed by atoms with Crippen LogP contribution in [0.1, 0.15) is 24.4 Å². The summed E-state index contributed by atoms with van der Waals surface area (Å²) in [5, 5.41) is 10.0. The van der Waals surface area contributed by atoms with E-state index in [0.29, 0.717) is 24.4 Å². The molecular formula is C23H26FN5O3. The lowest BCUT2D eigenvalue weighted by atomic mass is 10.1. The van der Waals surface area contributed by atoms with Gasteiger partial charge in [-0.05, 0) is 61.2 Å². The van der Waals surface area contributed by atoms with Gasteiger partial charge in [0.2, 0.25) is 0 Å². The van der Waals surface area contributed by atoms with Crippen molar-refractivity contribution in [1.82, 2.24) is 25.0 Å². The molecule has 168 valence electrons. The zero-order chi connectivity index (χ0) is 22.5. The average Bonchev–Trinajstić information content (AvgIpc) is 3.58. The molecule has 1 fully saturated rings. The van der Waals surface area contributed by atoms with Gasteiger partial charge in [-0.2, -0.15) is 0 Å². The van der Waals surface area contributed by atoms with Gasteiger partial charge in [-0.25, -0.2) is 18.7 Å². The molecule has 4 rings (SSSR count). The van der Waals surface area contributed by atoms with Gasteiger partial charge in [0.15, 0.2) is 5.82 Å². The topological polar surface area (TPSA) is 90.2 Å². The number of hydrogen-bond donors (Lipinski definition) is 2. The maximum absolute atomic E-state index is 13.3. The number of hydrogen-bond acceptors (Lipinski definition) is 4. The third-order valence-corrected chi connectivity index (χ3v) is 5.35. The van der Waals surface area contributed by atoms with Crippen molar-refractivity contribution in [2.75, 3.05) is 20.2 Å². The van der Waals surface area contributed by atoms with Gasteiger partial charge in [0.25, 0.3) is 0 Å². The van der Waals surface area contributed by atoms with Crippen LogP contribution in [0.3, 0.4) is 0 Å². The Morgan fingerprint density at radius 2 is 1.78 bits per heavy atom. The minimum absolute atomic E-state index is 0.130. The van der Waals surface area contributed by atoms with Crippen LogP contribution in [-0.2, 0) is 13.0 Å². The molecule has 3 aromatic rings. The van der Waals surface area contributed by atoms with E-state index in [4.69, 9.17) is 4.74 Å². The van der Waals surface area contributed by atoms with Gasteiger partial charge in [0, 0.05) is 24.7 Å². The Labute approximate surface area is 185 Å². The van der Waals surface area contributed by atoms with Crippen molar-refractivity contribution in [3.63, 3.8) is 0 Å². The van der Waals surface area contributed by atoms with Crippen LogP contribution < -0.4 is 21.1 Å². The number of carbonyl (C=O) groups is 1. The summed E-state index contributed by atoms with van der Waals surface area (Å²) in [7, 11) is 1.62. The lowest BCUT2D eigenvalue weighted by molar-refractivity contribution is 0.240. The van der Waals surface area contributed by atoms with Gasteiger partial charge in [-0.15, -0.1) is 5.10 Å². The third kappa shape index (κ3) is 5.16. The molecule has 8 nitrogen and oxygen atoms in total. The highest BCUT2D eigenvalue weighted by molar-refractivity contribution is 5.73. The number of amides is 2. The van der Waals surface area contributed by atoms with Crippen LogP contribution in [0.4, 0.5) is 9.18 Å². The standard InChI is InChI=1S/C23H26FN5O3/c1-32-20-10-2-16(3-11-20)12-13-25-22(30)26-14-15-28-23(31)29(19-8-9-19)21(27-28)17-4-6-18(24)7-5-17/h2-7,10-11,19H,8-9,12-15H2,1H3,(H2,25,26,30). The Balaban J connectivity index is 1.29. The minimum atomic E-state index is -0.337. The number of urea groups is 1. The number of nitrogens with one attached hydrogen (secondary N) is 2. The summed E-state index contributed by atoms with van der Waals surface area (Å²) in [6.07, 6.45) is 2.55. The number of rotatable bonds is 9. The number of benzene rings is 2. The van der Waals surface area contributed by atoms with Crippen LogP contribution >= 0.6 is 0 Å². The summed E-state index contributed by atoms with van der Waals surface area (Å²) in [5.74, 6) is 0.985. The van der Waals surface area contributed by atoms with Crippen LogP contribution in [0, 0.1) is 5.82 Å². The Hall–Kier alpha value is -3.62. The molecule has 1 aromatic heterocycles. The molecule has 0 unspecified atom stereocenters. The normalized spacial score (nSPS) is 13.1. The monoisotopic (exact) mass is 439 g/mol. The molecule has 0 radical (unpaired) electrons. The van der Waals surface area contributed by atoms with E-state index in [2.05, 4.69) is 15.7 Å². The van der Waals surface area contributed by atoms with E-state index in [1.807, 2.05) is 24.3 Å². The molecule has 32 heavy (non-hydrogen) atoms. The predicted octanol–water partition coefficient (Wildman–Crippen LogP) is 2.74. The van der Waals surface area contributed by atoms with Crippen molar-refractivity contribution in [1.29, 1.82) is 0 Å². The zero-order valence-corrected chi connectivity index (χ0v) is 17.9. The van der Waals surface area contributed by atoms with E-state index >= 15 is 0 Å². The molecular weight excluding hydrogens is 413 g/mol. The molecule has 2 aromatic carbocycles. The first-order chi connectivity index (χ1) is 15.5. The Kier molecular flexibility index (Phi) is 6.53. The van der Waals surface area contributed by atoms with Crippen molar-refractivity contribution >= 4 is 6.03 Å². The van der Waals surface area contributed by atoms with Gasteiger partial charge in [-0.1, -0.05) is 12.1 Å². The lowest BCUT2D eigenvalue weighted by Crippen LogP contribution is -2.39. The molecule has 1 heterocycles. The second kappa shape index (κ2) is 9.67. The molecule has 0 spiro atoms. The fourth-order valence-electron chi connectivity index (χ4n) is 3.47. The molecule has 2 N–H and O–H groups in total. The van der Waals surface area contributed by atoms with E-state index in [0.717, 1.165) is 24.2 Å². The Bertz CT molecular complexity index is 1120. The molecule has 1 saturated carbocycles. The molecule has 2 amide bonds. The van der Waals surface area contributed by atoms with Crippen LogP contribution in [0.2, 0.25) is 0 Å². The molecule has 0 saturated heterocycles. The van der Waals surface area contributed by atoms with Gasteiger partial charge < -0.3 is 15.4 Å². The van der Waals surface area contributed by atoms with E-state index in [1.54, 1.807) is 23.8 Å². The van der Waals surface area contributed by atoms with Crippen molar-refractivity contribution in [3.8, 4) is 17.1 Å². The summed E-state index contributed by atoms with van der Waals surface area (Å²) in [6.45, 7) is 1.00. The second-order valence-corrected chi connectivity index (χ2v) is 7.72. The molecule has 1 aliphatic rings. The van der Waals surface area contributed by atoms with Crippen LogP contribution in [-0.4, -0.2) is 40.6 Å². The summed E-state index contributed by atoms with van der Waals surface area (Å²) >= 11 is 0.